The van der Waals surface area contributed by atoms with Gasteiger partial charge in [0.05, 0.1) is 24.9 Å². The number of piperazine rings is 1. The SMILES string of the molecule is C=C(F)C(=O)N1CCN(c2nc(OCC3CN(C(C)C)CCO3)nc3c2CCN(c2cccc4cccc(C)c24)C3)CC1.CC#N. The molecule has 0 bridgehead atoms. The molecule has 2 aromatic carbocycles. The summed E-state index contributed by atoms with van der Waals surface area (Å²) in [5.74, 6) is -0.723. The first-order valence-electron chi connectivity index (χ1n) is 16.0. The number of fused-ring (bicyclic) bond motifs is 2. The molecule has 11 heteroatoms. The van der Waals surface area contributed by atoms with E-state index in [-0.39, 0.29) is 6.10 Å². The molecule has 1 aromatic heterocycles. The number of benzene rings is 2. The number of rotatable bonds is 7. The van der Waals surface area contributed by atoms with Gasteiger partial charge in [0.15, 0.2) is 5.83 Å². The van der Waals surface area contributed by atoms with Gasteiger partial charge in [-0.25, -0.2) is 4.39 Å². The fourth-order valence-electron chi connectivity index (χ4n) is 6.46. The summed E-state index contributed by atoms with van der Waals surface area (Å²) < 4.78 is 25.8. The highest BCUT2D eigenvalue weighted by atomic mass is 19.1. The Labute approximate surface area is 271 Å². The molecule has 0 spiro atoms. The maximum atomic E-state index is 13.5. The zero-order valence-electron chi connectivity index (χ0n) is 27.3. The molecule has 3 aromatic rings. The van der Waals surface area contributed by atoms with Crippen LogP contribution in [-0.4, -0.2) is 96.8 Å². The molecule has 3 aliphatic heterocycles. The number of carbonyl (C=O) groups excluding carboxylic acids is 1. The van der Waals surface area contributed by atoms with Crippen LogP contribution in [0.5, 0.6) is 6.01 Å². The van der Waals surface area contributed by atoms with Gasteiger partial charge in [-0.2, -0.15) is 15.2 Å². The van der Waals surface area contributed by atoms with Crippen molar-refractivity contribution in [1.82, 2.24) is 19.8 Å². The van der Waals surface area contributed by atoms with Crippen LogP contribution in [0.4, 0.5) is 15.9 Å². The highest BCUT2D eigenvalue weighted by molar-refractivity contribution is 5.97. The van der Waals surface area contributed by atoms with Gasteiger partial charge in [0, 0.05) is 75.4 Å². The summed E-state index contributed by atoms with van der Waals surface area (Å²) >= 11 is 0. The number of halogens is 1. The van der Waals surface area contributed by atoms with Crippen molar-refractivity contribution < 1.29 is 18.7 Å². The number of morpholine rings is 1. The van der Waals surface area contributed by atoms with E-state index in [0.717, 1.165) is 43.1 Å². The lowest BCUT2D eigenvalue weighted by atomic mass is 9.99. The zero-order chi connectivity index (χ0) is 32.8. The standard InChI is InChI=1S/C33H41FN6O3.C2H3N/c1-22(2)39-17-18-42-26(19-39)21-43-33-35-28-20-40(29-10-6-9-25-8-5-7-23(3)30(25)29)12-11-27(28)31(36-33)37-13-15-38(16-14-37)32(41)24(4)34;1-2-3/h5-10,22,26H,4,11-21H2,1-3H3;1H3. The number of nitriles is 1. The molecule has 0 N–H and O–H groups in total. The minimum atomic E-state index is -0.923. The van der Waals surface area contributed by atoms with Crippen LogP contribution in [-0.2, 0) is 22.5 Å². The first-order chi connectivity index (χ1) is 22.2. The summed E-state index contributed by atoms with van der Waals surface area (Å²) in [5.41, 5.74) is 4.50. The predicted molar refractivity (Wildman–Crippen MR) is 178 cm³/mol. The molecule has 46 heavy (non-hydrogen) atoms. The maximum absolute atomic E-state index is 13.5. The number of nitrogens with zero attached hydrogens (tertiary/aromatic N) is 7. The van der Waals surface area contributed by atoms with Gasteiger partial charge in [0.2, 0.25) is 0 Å². The maximum Gasteiger partial charge on any atom is 0.318 e. The molecule has 10 nitrogen and oxygen atoms in total. The quantitative estimate of drug-likeness (QED) is 0.346. The Morgan fingerprint density at radius 3 is 2.52 bits per heavy atom. The topological polar surface area (TPSA) is 98.1 Å². The average Bonchev–Trinajstić information content (AvgIpc) is 3.06. The fraction of sp³-hybridized carbons (Fsp3) is 0.486. The van der Waals surface area contributed by atoms with Crippen molar-refractivity contribution in [3.05, 3.63) is 65.6 Å². The smallest absolute Gasteiger partial charge is 0.318 e. The third-order valence-corrected chi connectivity index (χ3v) is 8.85. The number of hydrogen-bond acceptors (Lipinski definition) is 9. The molecule has 1 atom stereocenters. The van der Waals surface area contributed by atoms with Gasteiger partial charge in [-0.05, 0) is 44.2 Å². The van der Waals surface area contributed by atoms with E-state index in [2.05, 4.69) is 78.4 Å². The van der Waals surface area contributed by atoms with E-state index in [1.807, 2.05) is 0 Å². The summed E-state index contributed by atoms with van der Waals surface area (Å²) in [6.45, 7) is 17.3. The van der Waals surface area contributed by atoms with Crippen molar-refractivity contribution in [1.29, 1.82) is 5.26 Å². The first-order valence-corrected chi connectivity index (χ1v) is 16.0. The lowest BCUT2D eigenvalue weighted by molar-refractivity contribution is -0.128. The van der Waals surface area contributed by atoms with Gasteiger partial charge in [-0.15, -0.1) is 0 Å². The van der Waals surface area contributed by atoms with Crippen molar-refractivity contribution >= 4 is 28.2 Å². The molecular weight excluding hydrogens is 585 g/mol. The first kappa shape index (κ1) is 33.1. The van der Waals surface area contributed by atoms with E-state index in [1.165, 1.54) is 33.8 Å². The summed E-state index contributed by atoms with van der Waals surface area (Å²) in [6.07, 6.45) is 0.723. The van der Waals surface area contributed by atoms with Crippen molar-refractivity contribution in [3.63, 3.8) is 0 Å². The number of hydrogen-bond donors (Lipinski definition) is 0. The molecule has 1 amide bonds. The normalized spacial score (nSPS) is 18.5. The van der Waals surface area contributed by atoms with Crippen LogP contribution in [0.2, 0.25) is 0 Å². The largest absolute Gasteiger partial charge is 0.461 e. The monoisotopic (exact) mass is 629 g/mol. The molecule has 6 rings (SSSR count). The predicted octanol–water partition coefficient (Wildman–Crippen LogP) is 4.65. The van der Waals surface area contributed by atoms with E-state index >= 15 is 0 Å². The van der Waals surface area contributed by atoms with E-state index in [0.29, 0.717) is 58.0 Å². The molecule has 0 aliphatic carbocycles. The number of anilines is 2. The second-order valence-electron chi connectivity index (χ2n) is 12.2. The third-order valence-electron chi connectivity index (χ3n) is 8.85. The van der Waals surface area contributed by atoms with Gasteiger partial charge >= 0.3 is 6.01 Å². The molecule has 2 saturated heterocycles. The lowest BCUT2D eigenvalue weighted by Crippen LogP contribution is -2.49. The average molecular weight is 630 g/mol. The van der Waals surface area contributed by atoms with Gasteiger partial charge in [0.1, 0.15) is 18.5 Å². The summed E-state index contributed by atoms with van der Waals surface area (Å²) in [4.78, 5) is 30.5. The lowest BCUT2D eigenvalue weighted by Gasteiger charge is -2.38. The van der Waals surface area contributed by atoms with Crippen molar-refractivity contribution in [3.8, 4) is 12.1 Å². The molecular formula is C35H44FN7O3. The number of carbonyl (C=O) groups is 1. The van der Waals surface area contributed by atoms with E-state index < -0.39 is 11.7 Å². The van der Waals surface area contributed by atoms with E-state index in [9.17, 15) is 9.18 Å². The van der Waals surface area contributed by atoms with E-state index in [4.69, 9.17) is 24.7 Å². The third kappa shape index (κ3) is 7.40. The summed E-state index contributed by atoms with van der Waals surface area (Å²) in [5, 5.41) is 9.81. The Morgan fingerprint density at radius 1 is 1.11 bits per heavy atom. The molecule has 4 heterocycles. The van der Waals surface area contributed by atoms with Crippen LogP contribution in [0.25, 0.3) is 10.8 Å². The minimum absolute atomic E-state index is 0.0576. The van der Waals surface area contributed by atoms with Crippen LogP contribution >= 0.6 is 0 Å². The van der Waals surface area contributed by atoms with Gasteiger partial charge in [-0.1, -0.05) is 36.9 Å². The number of aromatic nitrogens is 2. The van der Waals surface area contributed by atoms with Crippen LogP contribution in [0.15, 0.2) is 48.8 Å². The highest BCUT2D eigenvalue weighted by Crippen LogP contribution is 2.35. The number of aryl methyl sites for hydroxylation is 1. The number of amides is 1. The van der Waals surface area contributed by atoms with Crippen molar-refractivity contribution in [2.24, 2.45) is 0 Å². The number of ether oxygens (including phenoxy) is 2. The molecule has 0 radical (unpaired) electrons. The molecule has 0 saturated carbocycles. The second-order valence-corrected chi connectivity index (χ2v) is 12.2. The fourth-order valence-corrected chi connectivity index (χ4v) is 6.46. The minimum Gasteiger partial charge on any atom is -0.461 e. The molecule has 2 fully saturated rings. The molecule has 244 valence electrons. The Kier molecular flexibility index (Phi) is 10.7. The zero-order valence-corrected chi connectivity index (χ0v) is 27.3. The van der Waals surface area contributed by atoms with Gasteiger partial charge in [-0.3, -0.25) is 9.69 Å². The van der Waals surface area contributed by atoms with Gasteiger partial charge < -0.3 is 24.2 Å². The Balaban J connectivity index is 0.00000134. The Morgan fingerprint density at radius 2 is 1.83 bits per heavy atom. The van der Waals surface area contributed by atoms with E-state index in [1.54, 1.807) is 6.07 Å². The van der Waals surface area contributed by atoms with Crippen LogP contribution in [0.3, 0.4) is 0 Å². The van der Waals surface area contributed by atoms with Crippen molar-refractivity contribution in [2.75, 3.05) is 68.8 Å². The molecule has 1 unspecified atom stereocenters. The summed E-state index contributed by atoms with van der Waals surface area (Å²) in [6, 6.07) is 15.4. The second kappa shape index (κ2) is 14.9. The van der Waals surface area contributed by atoms with Crippen LogP contribution in [0.1, 0.15) is 37.6 Å². The molecule has 3 aliphatic rings. The highest BCUT2D eigenvalue weighted by Gasteiger charge is 2.30. The Bertz CT molecular complexity index is 1590. The van der Waals surface area contributed by atoms with Crippen molar-refractivity contribution in [2.45, 2.75) is 52.8 Å². The van der Waals surface area contributed by atoms with Gasteiger partial charge in [0.25, 0.3) is 5.91 Å². The summed E-state index contributed by atoms with van der Waals surface area (Å²) in [7, 11) is 0. The van der Waals surface area contributed by atoms with Crippen LogP contribution < -0.4 is 14.5 Å². The van der Waals surface area contributed by atoms with Crippen LogP contribution in [0, 0.1) is 18.3 Å². The Hall–Kier alpha value is -4.27.